The molecule has 0 aliphatic rings. The third kappa shape index (κ3) is 2.87. The van der Waals surface area contributed by atoms with Gasteiger partial charge in [0.25, 0.3) is 0 Å². The summed E-state index contributed by atoms with van der Waals surface area (Å²) in [6.45, 7) is 5.76. The molecule has 0 spiro atoms. The number of H-pyrrole nitrogens is 1. The van der Waals surface area contributed by atoms with Crippen molar-refractivity contribution in [1.29, 1.82) is 0 Å². The number of imidazole rings is 1. The molecule has 5 nitrogen and oxygen atoms in total. The summed E-state index contributed by atoms with van der Waals surface area (Å²) in [7, 11) is 4.07. The second-order valence-corrected chi connectivity index (χ2v) is 6.23. The van der Waals surface area contributed by atoms with E-state index in [0.717, 1.165) is 40.7 Å². The molecule has 0 unspecified atom stereocenters. The summed E-state index contributed by atoms with van der Waals surface area (Å²) in [6.07, 6.45) is 0. The van der Waals surface area contributed by atoms with Gasteiger partial charge in [0, 0.05) is 29.9 Å². The van der Waals surface area contributed by atoms with Gasteiger partial charge in [-0.3, -0.25) is 9.58 Å². The minimum atomic E-state index is 0.720. The lowest BCUT2D eigenvalue weighted by atomic mass is 10.2. The highest BCUT2D eigenvalue weighted by Gasteiger charge is 2.13. The topological polar surface area (TPSA) is 49.7 Å². The van der Waals surface area contributed by atoms with Gasteiger partial charge in [-0.2, -0.15) is 5.10 Å². The number of nitrogens with one attached hydrogen (secondary N) is 1. The Morgan fingerprint density at radius 3 is 2.73 bits per heavy atom. The predicted molar refractivity (Wildman–Crippen MR) is 89.0 cm³/mol. The van der Waals surface area contributed by atoms with Crippen molar-refractivity contribution in [3.05, 3.63) is 46.0 Å². The first kappa shape index (κ1) is 15.1. The summed E-state index contributed by atoms with van der Waals surface area (Å²) in [5.74, 6) is 0.943. The van der Waals surface area contributed by atoms with E-state index in [9.17, 15) is 0 Å². The van der Waals surface area contributed by atoms with Gasteiger partial charge in [0.15, 0.2) is 0 Å². The average Bonchev–Trinajstić information content (AvgIpc) is 2.94. The summed E-state index contributed by atoms with van der Waals surface area (Å²) >= 11 is 6.01. The third-order valence-corrected chi connectivity index (χ3v) is 4.23. The second kappa shape index (κ2) is 5.74. The number of benzene rings is 1. The molecule has 0 aliphatic heterocycles. The van der Waals surface area contributed by atoms with Crippen LogP contribution in [-0.4, -0.2) is 31.7 Å². The highest BCUT2D eigenvalue weighted by molar-refractivity contribution is 6.31. The molecular formula is C16H20ClN5. The van der Waals surface area contributed by atoms with Gasteiger partial charge in [-0.25, -0.2) is 4.98 Å². The quantitative estimate of drug-likeness (QED) is 0.804. The van der Waals surface area contributed by atoms with Crippen molar-refractivity contribution in [1.82, 2.24) is 24.6 Å². The first-order valence-electron chi connectivity index (χ1n) is 7.26. The number of halogens is 1. The average molecular weight is 318 g/mol. The molecule has 0 atom stereocenters. The normalized spacial score (nSPS) is 11.7. The van der Waals surface area contributed by atoms with Crippen molar-refractivity contribution in [2.45, 2.75) is 26.9 Å². The molecule has 3 rings (SSSR count). The fourth-order valence-corrected chi connectivity index (χ4v) is 2.91. The van der Waals surface area contributed by atoms with Crippen LogP contribution in [0, 0.1) is 13.8 Å². The van der Waals surface area contributed by atoms with Gasteiger partial charge in [-0.1, -0.05) is 11.6 Å². The number of aromatic nitrogens is 4. The number of nitrogens with zero attached hydrogens (tertiary/aromatic N) is 4. The summed E-state index contributed by atoms with van der Waals surface area (Å²) in [5.41, 5.74) is 5.50. The number of aryl methyl sites for hydroxylation is 2. The largest absolute Gasteiger partial charge is 0.341 e. The number of hydrogen-bond donors (Lipinski definition) is 1. The van der Waals surface area contributed by atoms with E-state index in [1.54, 1.807) is 0 Å². The zero-order valence-electron chi connectivity index (χ0n) is 13.3. The Kier molecular flexibility index (Phi) is 3.93. The molecule has 1 aromatic carbocycles. The summed E-state index contributed by atoms with van der Waals surface area (Å²) in [6, 6.07) is 5.70. The van der Waals surface area contributed by atoms with Crippen LogP contribution in [0.25, 0.3) is 11.0 Å². The Balaban J connectivity index is 1.76. The Bertz CT molecular complexity index is 817. The first-order chi connectivity index (χ1) is 10.4. The molecule has 2 heterocycles. The highest BCUT2D eigenvalue weighted by atomic mass is 35.5. The van der Waals surface area contributed by atoms with Gasteiger partial charge in [-0.15, -0.1) is 0 Å². The molecule has 0 aliphatic carbocycles. The van der Waals surface area contributed by atoms with Gasteiger partial charge in [-0.05, 0) is 39.1 Å². The molecular weight excluding hydrogens is 298 g/mol. The Hall–Kier alpha value is -1.85. The van der Waals surface area contributed by atoms with Crippen molar-refractivity contribution >= 4 is 22.6 Å². The molecule has 2 aromatic heterocycles. The highest BCUT2D eigenvalue weighted by Crippen LogP contribution is 2.19. The van der Waals surface area contributed by atoms with Crippen molar-refractivity contribution in [3.63, 3.8) is 0 Å². The van der Waals surface area contributed by atoms with E-state index < -0.39 is 0 Å². The molecule has 0 amide bonds. The zero-order chi connectivity index (χ0) is 15.9. The van der Waals surface area contributed by atoms with E-state index in [-0.39, 0.29) is 0 Å². The van der Waals surface area contributed by atoms with Crippen LogP contribution in [0.5, 0.6) is 0 Å². The molecule has 22 heavy (non-hydrogen) atoms. The van der Waals surface area contributed by atoms with Crippen molar-refractivity contribution in [3.8, 4) is 0 Å². The Morgan fingerprint density at radius 1 is 1.27 bits per heavy atom. The van der Waals surface area contributed by atoms with Crippen LogP contribution < -0.4 is 0 Å². The number of hydrogen-bond acceptors (Lipinski definition) is 3. The maximum absolute atomic E-state index is 6.01. The maximum Gasteiger partial charge on any atom is 0.121 e. The molecule has 0 radical (unpaired) electrons. The van der Waals surface area contributed by atoms with Gasteiger partial charge >= 0.3 is 0 Å². The minimum absolute atomic E-state index is 0.720. The van der Waals surface area contributed by atoms with Crippen LogP contribution >= 0.6 is 11.6 Å². The summed E-state index contributed by atoms with van der Waals surface area (Å²) in [5, 5.41) is 5.19. The lowest BCUT2D eigenvalue weighted by Crippen LogP contribution is -2.19. The van der Waals surface area contributed by atoms with Gasteiger partial charge in [0.1, 0.15) is 5.82 Å². The first-order valence-corrected chi connectivity index (χ1v) is 7.63. The molecule has 0 fully saturated rings. The van der Waals surface area contributed by atoms with E-state index in [0.29, 0.717) is 0 Å². The molecule has 116 valence electrons. The van der Waals surface area contributed by atoms with E-state index in [1.807, 2.05) is 29.9 Å². The lowest BCUT2D eigenvalue weighted by molar-refractivity contribution is 0.310. The molecule has 0 saturated carbocycles. The van der Waals surface area contributed by atoms with Crippen LogP contribution in [0.3, 0.4) is 0 Å². The third-order valence-electron chi connectivity index (χ3n) is 4.00. The SMILES string of the molecule is Cc1nn(C)c(C)c1CN(C)Cc1nc2ccc(Cl)cc2[nH]1. The van der Waals surface area contributed by atoms with Crippen molar-refractivity contribution in [2.75, 3.05) is 7.05 Å². The lowest BCUT2D eigenvalue weighted by Gasteiger charge is -2.15. The van der Waals surface area contributed by atoms with Gasteiger partial charge in [0.05, 0.1) is 23.3 Å². The van der Waals surface area contributed by atoms with E-state index in [4.69, 9.17) is 11.6 Å². The van der Waals surface area contributed by atoms with Crippen LogP contribution in [0.15, 0.2) is 18.2 Å². The minimum Gasteiger partial charge on any atom is -0.341 e. The Morgan fingerprint density at radius 2 is 2.05 bits per heavy atom. The van der Waals surface area contributed by atoms with Gasteiger partial charge in [0.2, 0.25) is 0 Å². The smallest absolute Gasteiger partial charge is 0.121 e. The molecule has 0 bridgehead atoms. The number of rotatable bonds is 4. The second-order valence-electron chi connectivity index (χ2n) is 5.79. The van der Waals surface area contributed by atoms with Crippen molar-refractivity contribution < 1.29 is 0 Å². The Labute approximate surface area is 134 Å². The zero-order valence-corrected chi connectivity index (χ0v) is 14.1. The van der Waals surface area contributed by atoms with Crippen LogP contribution in [0.4, 0.5) is 0 Å². The van der Waals surface area contributed by atoms with Crippen LogP contribution in [0.2, 0.25) is 5.02 Å². The van der Waals surface area contributed by atoms with E-state index in [1.165, 1.54) is 11.3 Å². The van der Waals surface area contributed by atoms with E-state index in [2.05, 4.69) is 40.9 Å². The van der Waals surface area contributed by atoms with E-state index >= 15 is 0 Å². The number of aromatic amines is 1. The molecule has 1 N–H and O–H groups in total. The van der Waals surface area contributed by atoms with Crippen molar-refractivity contribution in [2.24, 2.45) is 7.05 Å². The summed E-state index contributed by atoms with van der Waals surface area (Å²) in [4.78, 5) is 10.2. The van der Waals surface area contributed by atoms with Crippen LogP contribution in [-0.2, 0) is 20.1 Å². The predicted octanol–water partition coefficient (Wildman–Crippen LogP) is 3.20. The standard InChI is InChI=1S/C16H20ClN5/c1-10-13(11(2)22(4)20-10)8-21(3)9-16-18-14-6-5-12(17)7-15(14)19-16/h5-7H,8-9H2,1-4H3,(H,18,19). The molecule has 0 saturated heterocycles. The fourth-order valence-electron chi connectivity index (χ4n) is 2.74. The number of fused-ring (bicyclic) bond motifs is 1. The summed E-state index contributed by atoms with van der Waals surface area (Å²) < 4.78 is 1.93. The molecule has 6 heteroatoms. The maximum atomic E-state index is 6.01. The molecule has 3 aromatic rings. The van der Waals surface area contributed by atoms with Crippen LogP contribution in [0.1, 0.15) is 22.8 Å². The fraction of sp³-hybridized carbons (Fsp3) is 0.375. The monoisotopic (exact) mass is 317 g/mol. The van der Waals surface area contributed by atoms with Gasteiger partial charge < -0.3 is 4.98 Å².